The Kier molecular flexibility index (Phi) is 5.65. The molecule has 0 spiro atoms. The monoisotopic (exact) mass is 372 g/mol. The fourth-order valence-electron chi connectivity index (χ4n) is 2.73. The van der Waals surface area contributed by atoms with Gasteiger partial charge in [0.25, 0.3) is 11.8 Å². The lowest BCUT2D eigenvalue weighted by Crippen LogP contribution is -2.16. The molecule has 0 saturated heterocycles. The minimum Gasteiger partial charge on any atom is -0.322 e. The molecule has 0 fully saturated rings. The second-order valence-corrected chi connectivity index (χ2v) is 6.44. The first-order chi connectivity index (χ1) is 13.4. The van der Waals surface area contributed by atoms with Crippen LogP contribution < -0.4 is 10.6 Å². The predicted molar refractivity (Wildman–Crippen MR) is 110 cm³/mol. The number of hydrogen-bond acceptors (Lipinski definition) is 3. The minimum absolute atomic E-state index is 0.0778. The first kappa shape index (κ1) is 19.0. The van der Waals surface area contributed by atoms with Gasteiger partial charge in [0.05, 0.1) is 0 Å². The Labute approximate surface area is 163 Å². The van der Waals surface area contributed by atoms with Gasteiger partial charge in [0, 0.05) is 28.1 Å². The fraction of sp³-hybridized carbons (Fsp3) is 0.0870. The predicted octanol–water partition coefficient (Wildman–Crippen LogP) is 4.70. The van der Waals surface area contributed by atoms with Crippen LogP contribution in [0.3, 0.4) is 0 Å². The van der Waals surface area contributed by atoms with Gasteiger partial charge in [-0.2, -0.15) is 0 Å². The Morgan fingerprint density at radius 3 is 1.96 bits per heavy atom. The van der Waals surface area contributed by atoms with E-state index in [0.29, 0.717) is 22.4 Å². The van der Waals surface area contributed by atoms with Gasteiger partial charge in [-0.25, -0.2) is 0 Å². The highest BCUT2D eigenvalue weighted by molar-refractivity contribution is 6.09. The standard InChI is InChI=1S/C23H20N2O3/c1-15-7-3-4-12-21(15)25-23(28)19-10-5-9-18(13-19)22(27)24-20-11-6-8-17(14-20)16(2)26/h3-14H,1-2H3,(H,24,27)(H,25,28). The van der Waals surface area contributed by atoms with Gasteiger partial charge in [-0.3, -0.25) is 14.4 Å². The summed E-state index contributed by atoms with van der Waals surface area (Å²) >= 11 is 0. The van der Waals surface area contributed by atoms with Crippen LogP contribution in [0.25, 0.3) is 0 Å². The van der Waals surface area contributed by atoms with E-state index in [9.17, 15) is 14.4 Å². The number of benzene rings is 3. The second kappa shape index (κ2) is 8.31. The Morgan fingerprint density at radius 2 is 1.29 bits per heavy atom. The molecule has 0 radical (unpaired) electrons. The molecular formula is C23H20N2O3. The molecular weight excluding hydrogens is 352 g/mol. The molecule has 28 heavy (non-hydrogen) atoms. The van der Waals surface area contributed by atoms with Crippen molar-refractivity contribution in [2.75, 3.05) is 10.6 Å². The summed E-state index contributed by atoms with van der Waals surface area (Å²) in [6.07, 6.45) is 0. The molecule has 0 aromatic heterocycles. The lowest BCUT2D eigenvalue weighted by atomic mass is 10.1. The highest BCUT2D eigenvalue weighted by Gasteiger charge is 2.12. The van der Waals surface area contributed by atoms with Crippen LogP contribution >= 0.6 is 0 Å². The number of nitrogens with one attached hydrogen (secondary N) is 2. The Bertz CT molecular complexity index is 1060. The molecule has 3 rings (SSSR count). The molecule has 3 aromatic carbocycles. The van der Waals surface area contributed by atoms with Crippen LogP contribution in [0.1, 0.15) is 43.6 Å². The van der Waals surface area contributed by atoms with Gasteiger partial charge in [0.15, 0.2) is 5.78 Å². The average molecular weight is 372 g/mol. The number of rotatable bonds is 5. The molecule has 3 aromatic rings. The highest BCUT2D eigenvalue weighted by Crippen LogP contribution is 2.17. The third-order valence-electron chi connectivity index (χ3n) is 4.31. The minimum atomic E-state index is -0.355. The van der Waals surface area contributed by atoms with Crippen molar-refractivity contribution in [3.05, 3.63) is 95.1 Å². The van der Waals surface area contributed by atoms with Crippen LogP contribution in [-0.2, 0) is 0 Å². The number of carbonyl (C=O) groups is 3. The summed E-state index contributed by atoms with van der Waals surface area (Å²) in [5.41, 5.74) is 3.45. The molecule has 140 valence electrons. The number of ketones is 1. The molecule has 0 bridgehead atoms. The zero-order chi connectivity index (χ0) is 20.1. The summed E-state index contributed by atoms with van der Waals surface area (Å²) in [5, 5.41) is 5.61. The molecule has 0 aliphatic carbocycles. The van der Waals surface area contributed by atoms with Gasteiger partial charge in [-0.1, -0.05) is 36.4 Å². The van der Waals surface area contributed by atoms with E-state index in [0.717, 1.165) is 11.3 Å². The van der Waals surface area contributed by atoms with E-state index in [2.05, 4.69) is 10.6 Å². The van der Waals surface area contributed by atoms with Crippen LogP contribution in [0.5, 0.6) is 0 Å². The molecule has 0 unspecified atom stereocenters. The van der Waals surface area contributed by atoms with Crippen molar-refractivity contribution in [2.24, 2.45) is 0 Å². The molecule has 5 heteroatoms. The van der Waals surface area contributed by atoms with Crippen molar-refractivity contribution in [1.29, 1.82) is 0 Å². The van der Waals surface area contributed by atoms with E-state index in [1.54, 1.807) is 42.5 Å². The fourth-order valence-corrected chi connectivity index (χ4v) is 2.73. The second-order valence-electron chi connectivity index (χ2n) is 6.44. The van der Waals surface area contributed by atoms with Crippen molar-refractivity contribution >= 4 is 29.0 Å². The third-order valence-corrected chi connectivity index (χ3v) is 4.31. The van der Waals surface area contributed by atoms with Crippen molar-refractivity contribution in [2.45, 2.75) is 13.8 Å². The zero-order valence-electron chi connectivity index (χ0n) is 15.7. The smallest absolute Gasteiger partial charge is 0.255 e. The van der Waals surface area contributed by atoms with Crippen molar-refractivity contribution < 1.29 is 14.4 Å². The lowest BCUT2D eigenvalue weighted by Gasteiger charge is -2.10. The zero-order valence-corrected chi connectivity index (χ0v) is 15.7. The van der Waals surface area contributed by atoms with Gasteiger partial charge in [0.2, 0.25) is 0 Å². The van der Waals surface area contributed by atoms with E-state index in [4.69, 9.17) is 0 Å². The Balaban J connectivity index is 1.76. The van der Waals surface area contributed by atoms with E-state index in [1.165, 1.54) is 13.0 Å². The summed E-state index contributed by atoms with van der Waals surface area (Å²) in [6.45, 7) is 3.38. The SMILES string of the molecule is CC(=O)c1cccc(NC(=O)c2cccc(C(=O)Nc3ccccc3C)c2)c1. The van der Waals surface area contributed by atoms with Crippen LogP contribution in [0, 0.1) is 6.92 Å². The van der Waals surface area contributed by atoms with Crippen molar-refractivity contribution in [3.8, 4) is 0 Å². The average Bonchev–Trinajstić information content (AvgIpc) is 2.70. The quantitative estimate of drug-likeness (QED) is 0.637. The number of hydrogen-bond donors (Lipinski definition) is 2. The molecule has 0 atom stereocenters. The number of anilines is 2. The van der Waals surface area contributed by atoms with Gasteiger partial charge in [0.1, 0.15) is 0 Å². The lowest BCUT2D eigenvalue weighted by molar-refractivity contribution is 0.100. The largest absolute Gasteiger partial charge is 0.322 e. The maximum Gasteiger partial charge on any atom is 0.255 e. The normalized spacial score (nSPS) is 10.2. The molecule has 5 nitrogen and oxygen atoms in total. The highest BCUT2D eigenvalue weighted by atomic mass is 16.2. The molecule has 0 saturated carbocycles. The maximum absolute atomic E-state index is 12.6. The molecule has 2 N–H and O–H groups in total. The number of Topliss-reactive ketones (excluding diaryl/α,β-unsaturated/α-hetero) is 1. The Morgan fingerprint density at radius 1 is 0.679 bits per heavy atom. The van der Waals surface area contributed by atoms with Crippen LogP contribution in [0.15, 0.2) is 72.8 Å². The van der Waals surface area contributed by atoms with Gasteiger partial charge < -0.3 is 10.6 Å². The maximum atomic E-state index is 12.6. The number of amides is 2. The summed E-state index contributed by atoms with van der Waals surface area (Å²) < 4.78 is 0. The first-order valence-corrected chi connectivity index (χ1v) is 8.83. The number of carbonyl (C=O) groups excluding carboxylic acids is 3. The van der Waals surface area contributed by atoms with Gasteiger partial charge in [-0.05, 0) is 55.8 Å². The van der Waals surface area contributed by atoms with E-state index >= 15 is 0 Å². The van der Waals surface area contributed by atoms with Crippen LogP contribution in [0.2, 0.25) is 0 Å². The van der Waals surface area contributed by atoms with E-state index < -0.39 is 0 Å². The summed E-state index contributed by atoms with van der Waals surface area (Å²) in [5.74, 6) is -0.722. The topological polar surface area (TPSA) is 75.3 Å². The first-order valence-electron chi connectivity index (χ1n) is 8.83. The van der Waals surface area contributed by atoms with E-state index in [-0.39, 0.29) is 17.6 Å². The van der Waals surface area contributed by atoms with Crippen molar-refractivity contribution in [3.63, 3.8) is 0 Å². The van der Waals surface area contributed by atoms with Gasteiger partial charge in [-0.15, -0.1) is 0 Å². The van der Waals surface area contributed by atoms with Crippen LogP contribution in [0.4, 0.5) is 11.4 Å². The summed E-state index contributed by atoms with van der Waals surface area (Å²) in [4.78, 5) is 36.6. The van der Waals surface area contributed by atoms with Crippen LogP contribution in [-0.4, -0.2) is 17.6 Å². The molecule has 0 heterocycles. The molecule has 0 aliphatic heterocycles. The van der Waals surface area contributed by atoms with Gasteiger partial charge >= 0.3 is 0 Å². The number of aryl methyl sites for hydroxylation is 1. The summed E-state index contributed by atoms with van der Waals surface area (Å²) in [6, 6.07) is 20.7. The Hall–Kier alpha value is -3.73. The molecule has 0 aliphatic rings. The number of para-hydroxylation sites is 1. The van der Waals surface area contributed by atoms with Crippen molar-refractivity contribution in [1.82, 2.24) is 0 Å². The summed E-state index contributed by atoms with van der Waals surface area (Å²) in [7, 11) is 0. The third kappa shape index (κ3) is 4.51. The van der Waals surface area contributed by atoms with E-state index in [1.807, 2.05) is 31.2 Å². The molecule has 2 amide bonds.